The molecule has 0 aromatic heterocycles. The first kappa shape index (κ1) is 13.4. The third-order valence-corrected chi connectivity index (χ3v) is 2.32. The normalized spacial score (nSPS) is 9.82. The first-order valence-electron chi connectivity index (χ1n) is 5.02. The molecule has 1 N–H and O–H groups in total. The van der Waals surface area contributed by atoms with Crippen LogP contribution in [-0.2, 0) is 4.79 Å². The van der Waals surface area contributed by atoms with Crippen molar-refractivity contribution < 1.29 is 14.0 Å². The van der Waals surface area contributed by atoms with E-state index in [0.717, 1.165) is 4.90 Å². The molecule has 1 rings (SSSR count). The van der Waals surface area contributed by atoms with Crippen LogP contribution in [0.25, 0.3) is 0 Å². The summed E-state index contributed by atoms with van der Waals surface area (Å²) in [6.07, 6.45) is 0. The Morgan fingerprint density at radius 2 is 2.06 bits per heavy atom. The number of hydrogen-bond donors (Lipinski definition) is 1. The molecule has 0 fully saturated rings. The highest BCUT2D eigenvalue weighted by molar-refractivity contribution is 6.28. The van der Waals surface area contributed by atoms with Gasteiger partial charge in [0.1, 0.15) is 11.7 Å². The Kier molecular flexibility index (Phi) is 4.90. The highest BCUT2D eigenvalue weighted by Gasteiger charge is 2.18. The maximum Gasteiger partial charge on any atom is 0.328 e. The number of nitrogens with zero attached hydrogens (tertiary/aromatic N) is 1. The predicted molar refractivity (Wildman–Crippen MR) is 63.7 cm³/mol. The van der Waals surface area contributed by atoms with Crippen LogP contribution in [0.5, 0.6) is 0 Å². The van der Waals surface area contributed by atoms with Gasteiger partial charge in [0, 0.05) is 6.54 Å². The topological polar surface area (TPSA) is 49.4 Å². The zero-order valence-corrected chi connectivity index (χ0v) is 10.00. The summed E-state index contributed by atoms with van der Waals surface area (Å²) < 4.78 is 13.5. The number of hydrogen-bond acceptors (Lipinski definition) is 2. The van der Waals surface area contributed by atoms with Crippen LogP contribution in [0.1, 0.15) is 6.92 Å². The molecule has 0 aliphatic rings. The van der Waals surface area contributed by atoms with Crippen molar-refractivity contribution in [2.24, 2.45) is 0 Å². The van der Waals surface area contributed by atoms with E-state index < -0.39 is 17.8 Å². The molecular formula is C11H12ClFN2O2. The van der Waals surface area contributed by atoms with E-state index in [4.69, 9.17) is 11.6 Å². The average molecular weight is 259 g/mol. The molecule has 0 aliphatic heterocycles. The van der Waals surface area contributed by atoms with Gasteiger partial charge < -0.3 is 0 Å². The second kappa shape index (κ2) is 6.20. The Morgan fingerprint density at radius 3 is 2.59 bits per heavy atom. The third kappa shape index (κ3) is 3.42. The minimum absolute atomic E-state index is 0.120. The molecule has 1 aromatic rings. The third-order valence-electron chi connectivity index (χ3n) is 2.07. The number of rotatable bonds is 3. The molecule has 0 bridgehead atoms. The number of carbonyl (C=O) groups is 2. The molecule has 0 saturated heterocycles. The lowest BCUT2D eigenvalue weighted by molar-refractivity contribution is -0.117. The summed E-state index contributed by atoms with van der Waals surface area (Å²) >= 11 is 5.26. The van der Waals surface area contributed by atoms with Gasteiger partial charge in [-0.05, 0) is 19.1 Å². The van der Waals surface area contributed by atoms with Crippen LogP contribution in [0.3, 0.4) is 0 Å². The van der Waals surface area contributed by atoms with E-state index in [1.165, 1.54) is 18.2 Å². The van der Waals surface area contributed by atoms with Gasteiger partial charge in [-0.25, -0.2) is 9.18 Å². The fourth-order valence-corrected chi connectivity index (χ4v) is 1.38. The number of imide groups is 1. The van der Waals surface area contributed by atoms with Gasteiger partial charge >= 0.3 is 6.03 Å². The van der Waals surface area contributed by atoms with Gasteiger partial charge in [0.2, 0.25) is 5.91 Å². The van der Waals surface area contributed by atoms with E-state index in [2.05, 4.69) is 5.32 Å². The number of para-hydroxylation sites is 1. The highest BCUT2D eigenvalue weighted by atomic mass is 35.5. The van der Waals surface area contributed by atoms with E-state index in [0.29, 0.717) is 0 Å². The van der Waals surface area contributed by atoms with Crippen molar-refractivity contribution in [3.63, 3.8) is 0 Å². The maximum absolute atomic E-state index is 13.5. The fraction of sp³-hybridized carbons (Fsp3) is 0.273. The molecule has 0 aliphatic carbocycles. The van der Waals surface area contributed by atoms with Crippen molar-refractivity contribution in [3.05, 3.63) is 30.1 Å². The molecule has 0 saturated carbocycles. The Balaban J connectivity index is 2.89. The lowest BCUT2D eigenvalue weighted by Crippen LogP contribution is -2.43. The molecule has 0 heterocycles. The Bertz CT molecular complexity index is 426. The number of anilines is 1. The largest absolute Gasteiger partial charge is 0.328 e. The number of alkyl halides is 1. The van der Waals surface area contributed by atoms with Gasteiger partial charge in [0.15, 0.2) is 0 Å². The standard InChI is InChI=1S/C11H12ClFN2O2/c1-2-15(11(17)14-10(16)7-12)9-6-4-3-5-8(9)13/h3-6H,2,7H2,1H3,(H,14,16,17). The minimum atomic E-state index is -0.691. The molecular weight excluding hydrogens is 247 g/mol. The number of benzene rings is 1. The van der Waals surface area contributed by atoms with E-state index in [9.17, 15) is 14.0 Å². The molecule has 17 heavy (non-hydrogen) atoms. The summed E-state index contributed by atoms with van der Waals surface area (Å²) in [4.78, 5) is 23.8. The summed E-state index contributed by atoms with van der Waals surface area (Å²) in [6, 6.07) is 5.15. The number of carbonyl (C=O) groups excluding carboxylic acids is 2. The van der Waals surface area contributed by atoms with Gasteiger partial charge in [-0.15, -0.1) is 11.6 Å². The van der Waals surface area contributed by atoms with E-state index in [1.54, 1.807) is 13.0 Å². The molecule has 1 aromatic carbocycles. The van der Waals surface area contributed by atoms with Gasteiger partial charge in [-0.1, -0.05) is 12.1 Å². The zero-order chi connectivity index (χ0) is 12.8. The van der Waals surface area contributed by atoms with E-state index in [-0.39, 0.29) is 18.1 Å². The van der Waals surface area contributed by atoms with Crippen LogP contribution in [0.2, 0.25) is 0 Å². The predicted octanol–water partition coefficient (Wildman–Crippen LogP) is 2.13. The molecule has 0 unspecified atom stereocenters. The summed E-state index contributed by atoms with van der Waals surface area (Å²) in [5.74, 6) is -1.46. The van der Waals surface area contributed by atoms with Crippen molar-refractivity contribution in [2.45, 2.75) is 6.92 Å². The summed E-state index contributed by atoms with van der Waals surface area (Å²) in [5.41, 5.74) is 0.120. The van der Waals surface area contributed by atoms with Gasteiger partial charge in [-0.3, -0.25) is 15.0 Å². The van der Waals surface area contributed by atoms with Crippen LogP contribution in [0.15, 0.2) is 24.3 Å². The highest BCUT2D eigenvalue weighted by Crippen LogP contribution is 2.18. The van der Waals surface area contributed by atoms with Gasteiger partial charge in [0.05, 0.1) is 5.69 Å². The van der Waals surface area contributed by atoms with E-state index >= 15 is 0 Å². The van der Waals surface area contributed by atoms with Crippen LogP contribution in [0, 0.1) is 5.82 Å². The van der Waals surface area contributed by atoms with Crippen LogP contribution in [-0.4, -0.2) is 24.4 Å². The average Bonchev–Trinajstić information content (AvgIpc) is 2.32. The molecule has 0 atom stereocenters. The Morgan fingerprint density at radius 1 is 1.41 bits per heavy atom. The minimum Gasteiger partial charge on any atom is -0.291 e. The quantitative estimate of drug-likeness (QED) is 0.845. The SMILES string of the molecule is CCN(C(=O)NC(=O)CCl)c1ccccc1F. The monoisotopic (exact) mass is 258 g/mol. The van der Waals surface area contributed by atoms with Gasteiger partial charge in [-0.2, -0.15) is 0 Å². The van der Waals surface area contributed by atoms with Crippen molar-refractivity contribution in [2.75, 3.05) is 17.3 Å². The molecule has 0 spiro atoms. The first-order chi connectivity index (χ1) is 8.10. The van der Waals surface area contributed by atoms with Gasteiger partial charge in [0.25, 0.3) is 0 Å². The van der Waals surface area contributed by atoms with Crippen molar-refractivity contribution in [1.29, 1.82) is 0 Å². The van der Waals surface area contributed by atoms with E-state index in [1.807, 2.05) is 0 Å². The summed E-state index contributed by atoms with van der Waals surface area (Å²) in [5, 5.41) is 2.06. The molecule has 6 heteroatoms. The van der Waals surface area contributed by atoms with Crippen LogP contribution in [0.4, 0.5) is 14.9 Å². The maximum atomic E-state index is 13.5. The van der Waals surface area contributed by atoms with Crippen LogP contribution < -0.4 is 10.2 Å². The summed E-state index contributed by atoms with van der Waals surface area (Å²) in [6.45, 7) is 1.92. The summed E-state index contributed by atoms with van der Waals surface area (Å²) in [7, 11) is 0. The second-order valence-corrected chi connectivity index (χ2v) is 3.45. The Labute approximate surface area is 103 Å². The number of amides is 3. The van der Waals surface area contributed by atoms with Crippen LogP contribution >= 0.6 is 11.6 Å². The fourth-order valence-electron chi connectivity index (χ4n) is 1.31. The second-order valence-electron chi connectivity index (χ2n) is 3.18. The molecule has 92 valence electrons. The number of halogens is 2. The lowest BCUT2D eigenvalue weighted by atomic mass is 10.3. The Hall–Kier alpha value is -1.62. The van der Waals surface area contributed by atoms with Crippen molar-refractivity contribution in [3.8, 4) is 0 Å². The number of nitrogens with one attached hydrogen (secondary N) is 1. The lowest BCUT2D eigenvalue weighted by Gasteiger charge is -2.21. The number of urea groups is 1. The molecule has 3 amide bonds. The zero-order valence-electron chi connectivity index (χ0n) is 9.24. The first-order valence-corrected chi connectivity index (χ1v) is 5.55. The molecule has 0 radical (unpaired) electrons. The molecule has 4 nitrogen and oxygen atoms in total. The van der Waals surface area contributed by atoms with Crippen molar-refractivity contribution >= 4 is 29.2 Å². The smallest absolute Gasteiger partial charge is 0.291 e. The van der Waals surface area contributed by atoms with Crippen molar-refractivity contribution in [1.82, 2.24) is 5.32 Å².